The topological polar surface area (TPSA) is 49.8 Å². The van der Waals surface area contributed by atoms with E-state index in [4.69, 9.17) is 4.74 Å². The third-order valence-electron chi connectivity index (χ3n) is 3.37. The van der Waals surface area contributed by atoms with Crippen molar-refractivity contribution in [3.05, 3.63) is 0 Å². The summed E-state index contributed by atoms with van der Waals surface area (Å²) in [4.78, 5) is 13.5. The van der Waals surface area contributed by atoms with E-state index >= 15 is 0 Å². The van der Waals surface area contributed by atoms with Crippen LogP contribution >= 0.6 is 0 Å². The number of fused-ring (bicyclic) bond motifs is 1. The van der Waals surface area contributed by atoms with Gasteiger partial charge in [-0.05, 0) is 39.5 Å². The maximum Gasteiger partial charge on any atom is 0.410 e. The lowest BCUT2D eigenvalue weighted by Crippen LogP contribution is -2.65. The van der Waals surface area contributed by atoms with Crippen molar-refractivity contribution in [2.24, 2.45) is 5.92 Å². The van der Waals surface area contributed by atoms with E-state index in [0.29, 0.717) is 5.92 Å². The summed E-state index contributed by atoms with van der Waals surface area (Å²) in [5.41, 5.74) is -0.457. The van der Waals surface area contributed by atoms with Gasteiger partial charge >= 0.3 is 6.09 Å². The standard InChI is InChI=1S/C12H21NO3/c1-12(2,3)16-11(15)13-7-8-5-4-6-9(14)10(8)13/h8-10,14H,4-7H2,1-3H3/t8-,9?,10+/m1/s1. The van der Waals surface area contributed by atoms with Gasteiger partial charge in [0.2, 0.25) is 0 Å². The van der Waals surface area contributed by atoms with Crippen LogP contribution in [0.25, 0.3) is 0 Å². The van der Waals surface area contributed by atoms with E-state index in [2.05, 4.69) is 0 Å². The van der Waals surface area contributed by atoms with Gasteiger partial charge in [0.1, 0.15) is 5.60 Å². The molecule has 16 heavy (non-hydrogen) atoms. The van der Waals surface area contributed by atoms with Crippen LogP contribution in [0.5, 0.6) is 0 Å². The van der Waals surface area contributed by atoms with Gasteiger partial charge in [0, 0.05) is 6.54 Å². The average Bonchev–Trinajstić information content (AvgIpc) is 2.04. The highest BCUT2D eigenvalue weighted by Crippen LogP contribution is 2.38. The summed E-state index contributed by atoms with van der Waals surface area (Å²) in [6, 6.07) is 0.00333. The molecule has 1 N–H and O–H groups in total. The predicted octanol–water partition coefficient (Wildman–Crippen LogP) is 1.77. The van der Waals surface area contributed by atoms with Crippen LogP contribution in [0, 0.1) is 5.92 Å². The Hall–Kier alpha value is -0.770. The van der Waals surface area contributed by atoms with Crippen LogP contribution in [0.3, 0.4) is 0 Å². The number of hydrogen-bond acceptors (Lipinski definition) is 3. The number of carbonyl (C=O) groups is 1. The lowest BCUT2D eigenvalue weighted by atomic mass is 9.75. The van der Waals surface area contributed by atoms with E-state index in [-0.39, 0.29) is 18.2 Å². The second kappa shape index (κ2) is 3.91. The number of rotatable bonds is 0. The average molecular weight is 227 g/mol. The first-order valence-electron chi connectivity index (χ1n) is 6.06. The van der Waals surface area contributed by atoms with Crippen molar-refractivity contribution in [1.29, 1.82) is 0 Å². The van der Waals surface area contributed by atoms with Gasteiger partial charge in [-0.2, -0.15) is 0 Å². The van der Waals surface area contributed by atoms with Crippen LogP contribution in [0.2, 0.25) is 0 Å². The number of aliphatic hydroxyl groups is 1. The summed E-state index contributed by atoms with van der Waals surface area (Å²) in [7, 11) is 0. The van der Waals surface area contributed by atoms with Crippen LogP contribution in [-0.2, 0) is 4.74 Å². The van der Waals surface area contributed by atoms with Crippen molar-refractivity contribution < 1.29 is 14.6 Å². The van der Waals surface area contributed by atoms with Crippen LogP contribution in [0.1, 0.15) is 40.0 Å². The van der Waals surface area contributed by atoms with Crippen LogP contribution in [-0.4, -0.2) is 40.4 Å². The van der Waals surface area contributed by atoms with E-state index in [1.165, 1.54) is 0 Å². The zero-order chi connectivity index (χ0) is 11.9. The van der Waals surface area contributed by atoms with Crippen molar-refractivity contribution in [3.8, 4) is 0 Å². The quantitative estimate of drug-likeness (QED) is 0.686. The van der Waals surface area contributed by atoms with Gasteiger partial charge in [-0.1, -0.05) is 6.42 Å². The van der Waals surface area contributed by atoms with Crippen molar-refractivity contribution >= 4 is 6.09 Å². The molecule has 1 amide bonds. The fourth-order valence-electron chi connectivity index (χ4n) is 2.66. The van der Waals surface area contributed by atoms with Gasteiger partial charge in [0.25, 0.3) is 0 Å². The fraction of sp³-hybridized carbons (Fsp3) is 0.917. The Labute approximate surface area is 96.6 Å². The molecule has 1 unspecified atom stereocenters. The third-order valence-corrected chi connectivity index (χ3v) is 3.37. The van der Waals surface area contributed by atoms with E-state index in [1.54, 1.807) is 4.90 Å². The minimum atomic E-state index is -0.457. The van der Waals surface area contributed by atoms with Crippen molar-refractivity contribution in [1.82, 2.24) is 4.90 Å². The molecular weight excluding hydrogens is 206 g/mol. The molecule has 1 saturated carbocycles. The molecule has 1 aliphatic heterocycles. The summed E-state index contributed by atoms with van der Waals surface area (Å²) < 4.78 is 5.31. The van der Waals surface area contributed by atoms with E-state index in [9.17, 15) is 9.90 Å². The van der Waals surface area contributed by atoms with Gasteiger partial charge in [-0.15, -0.1) is 0 Å². The molecule has 4 nitrogen and oxygen atoms in total. The van der Waals surface area contributed by atoms with Gasteiger partial charge in [0.05, 0.1) is 12.1 Å². The molecule has 0 aromatic rings. The van der Waals surface area contributed by atoms with Gasteiger partial charge in [-0.3, -0.25) is 0 Å². The smallest absolute Gasteiger partial charge is 0.410 e. The van der Waals surface area contributed by atoms with Crippen LogP contribution < -0.4 is 0 Å². The highest BCUT2D eigenvalue weighted by Gasteiger charge is 2.48. The number of hydrogen-bond donors (Lipinski definition) is 1. The normalized spacial score (nSPS) is 34.0. The van der Waals surface area contributed by atoms with Crippen molar-refractivity contribution in [3.63, 3.8) is 0 Å². The predicted molar refractivity (Wildman–Crippen MR) is 60.1 cm³/mol. The largest absolute Gasteiger partial charge is 0.444 e. The third kappa shape index (κ3) is 2.17. The molecule has 0 aromatic carbocycles. The molecule has 0 aromatic heterocycles. The summed E-state index contributed by atoms with van der Waals surface area (Å²) in [6.07, 6.45) is 2.36. The summed E-state index contributed by atoms with van der Waals surface area (Å²) >= 11 is 0. The zero-order valence-electron chi connectivity index (χ0n) is 10.3. The Kier molecular flexibility index (Phi) is 2.86. The Bertz CT molecular complexity index is 278. The molecule has 1 aliphatic carbocycles. The SMILES string of the molecule is CC(C)(C)OC(=O)N1C[C@H]2CCCC(O)[C@H]21. The Morgan fingerprint density at radius 1 is 1.38 bits per heavy atom. The van der Waals surface area contributed by atoms with Crippen LogP contribution in [0.15, 0.2) is 0 Å². The first kappa shape index (κ1) is 11.7. The minimum Gasteiger partial charge on any atom is -0.444 e. The number of carbonyl (C=O) groups excluding carboxylic acids is 1. The zero-order valence-corrected chi connectivity index (χ0v) is 10.3. The highest BCUT2D eigenvalue weighted by molar-refractivity contribution is 5.70. The number of aliphatic hydroxyl groups excluding tert-OH is 1. The van der Waals surface area contributed by atoms with Gasteiger partial charge < -0.3 is 14.7 Å². The summed E-state index contributed by atoms with van der Waals surface area (Å²) in [6.45, 7) is 6.33. The Morgan fingerprint density at radius 3 is 2.62 bits per heavy atom. The first-order valence-corrected chi connectivity index (χ1v) is 6.06. The molecule has 4 heteroatoms. The van der Waals surface area contributed by atoms with Gasteiger partial charge in [-0.25, -0.2) is 4.79 Å². The molecular formula is C12H21NO3. The maximum atomic E-state index is 11.8. The summed E-state index contributed by atoms with van der Waals surface area (Å²) in [5.74, 6) is 0.483. The molecule has 1 saturated heterocycles. The number of ether oxygens (including phenoxy) is 1. The van der Waals surface area contributed by atoms with Crippen molar-refractivity contribution in [2.45, 2.75) is 57.8 Å². The molecule has 3 atom stereocenters. The molecule has 0 bridgehead atoms. The van der Waals surface area contributed by atoms with E-state index in [0.717, 1.165) is 25.8 Å². The van der Waals surface area contributed by atoms with E-state index < -0.39 is 5.60 Å². The molecule has 2 fully saturated rings. The molecule has 0 radical (unpaired) electrons. The van der Waals surface area contributed by atoms with Gasteiger partial charge in [0.15, 0.2) is 0 Å². The Balaban J connectivity index is 1.94. The number of likely N-dealkylation sites (tertiary alicyclic amines) is 1. The second-order valence-electron chi connectivity index (χ2n) is 5.88. The molecule has 1 heterocycles. The monoisotopic (exact) mass is 227 g/mol. The molecule has 0 spiro atoms. The Morgan fingerprint density at radius 2 is 2.06 bits per heavy atom. The molecule has 92 valence electrons. The maximum absolute atomic E-state index is 11.8. The lowest BCUT2D eigenvalue weighted by molar-refractivity contribution is -0.0928. The highest BCUT2D eigenvalue weighted by atomic mass is 16.6. The van der Waals surface area contributed by atoms with Crippen molar-refractivity contribution in [2.75, 3.05) is 6.54 Å². The van der Waals surface area contributed by atoms with Crippen LogP contribution in [0.4, 0.5) is 4.79 Å². The number of nitrogens with zero attached hydrogens (tertiary/aromatic N) is 1. The first-order chi connectivity index (χ1) is 7.38. The summed E-state index contributed by atoms with van der Waals surface area (Å²) in [5, 5.41) is 9.87. The molecule has 2 rings (SSSR count). The molecule has 2 aliphatic rings. The van der Waals surface area contributed by atoms with E-state index in [1.807, 2.05) is 20.8 Å². The fourth-order valence-corrected chi connectivity index (χ4v) is 2.66. The number of amides is 1. The second-order valence-corrected chi connectivity index (χ2v) is 5.88. The lowest BCUT2D eigenvalue weighted by Gasteiger charge is -2.52. The minimum absolute atomic E-state index is 0.00333.